The topological polar surface area (TPSA) is 313 Å². The fraction of sp³-hybridized carbons (Fsp3) is 0.844. The lowest BCUT2D eigenvalue weighted by Crippen LogP contribution is -2.26. The normalized spacial score (nSPS) is 12.3. The SMILES string of the molecule is CCCCCCCCCCCCCCCCCC(=O)OCCCOC(=O)NCCCCCCOP(=O)([O-])OC.CCCCCCCCCCCCCCCCCC(=O)OCCCOC(=O)Oc1ccc([N+](=O)[O-])cc1.COP(=O)([O-])OCCCCCCN. The Kier molecular flexibility index (Phi) is 63.6. The quantitative estimate of drug-likeness (QED) is 0.0116. The van der Waals surface area contributed by atoms with Crippen LogP contribution in [0.5, 0.6) is 5.75 Å². The maximum atomic E-state index is 11.8. The highest BCUT2D eigenvalue weighted by Gasteiger charge is 2.11. The summed E-state index contributed by atoms with van der Waals surface area (Å²) in [6, 6.07) is 5.11. The van der Waals surface area contributed by atoms with Crippen molar-refractivity contribution >= 4 is 45.5 Å². The predicted octanol–water partition coefficient (Wildman–Crippen LogP) is 16.5. The van der Waals surface area contributed by atoms with Gasteiger partial charge in [-0.3, -0.25) is 28.8 Å². The molecule has 0 bridgehead atoms. The summed E-state index contributed by atoms with van der Waals surface area (Å²) in [6.07, 6.45) is 45.6. The number of alkyl carbamates (subject to hydrolysis) is 1. The van der Waals surface area contributed by atoms with Crippen molar-refractivity contribution in [2.45, 2.75) is 284 Å². The Labute approximate surface area is 530 Å². The highest BCUT2D eigenvalue weighted by atomic mass is 31.2. The molecular formula is C64H119N3O19P2-2. The molecule has 1 rings (SSSR count). The zero-order valence-electron chi connectivity index (χ0n) is 54.8. The molecule has 2 unspecified atom stereocenters. The molecule has 0 aliphatic carbocycles. The fourth-order valence-corrected chi connectivity index (χ4v) is 9.79. The Morgan fingerprint density at radius 3 is 1.14 bits per heavy atom. The molecule has 2 atom stereocenters. The number of nitrogens with one attached hydrogen (secondary N) is 1. The number of hydrogen-bond donors (Lipinski definition) is 2. The number of nitro benzene ring substituents is 1. The number of esters is 2. The van der Waals surface area contributed by atoms with Crippen LogP contribution in [0.2, 0.25) is 0 Å². The van der Waals surface area contributed by atoms with E-state index in [-0.39, 0.29) is 63.0 Å². The van der Waals surface area contributed by atoms with E-state index in [4.69, 9.17) is 29.4 Å². The van der Waals surface area contributed by atoms with Gasteiger partial charge in [-0.2, -0.15) is 0 Å². The second kappa shape index (κ2) is 64.8. The van der Waals surface area contributed by atoms with Crippen LogP contribution in [-0.4, -0.2) is 96.1 Å². The van der Waals surface area contributed by atoms with Gasteiger partial charge in [0.2, 0.25) is 0 Å². The molecule has 0 aliphatic heterocycles. The van der Waals surface area contributed by atoms with Crippen molar-refractivity contribution in [1.82, 2.24) is 5.32 Å². The van der Waals surface area contributed by atoms with Crippen LogP contribution in [0.4, 0.5) is 15.3 Å². The van der Waals surface area contributed by atoms with E-state index in [1.54, 1.807) is 0 Å². The van der Waals surface area contributed by atoms with E-state index in [2.05, 4.69) is 37.3 Å². The standard InChI is InChI=1S/C29H58NO8P.C28H45NO7.C7H18NO4P/c1-3-4-5-6-7-8-9-10-11-12-13-14-15-16-19-23-28(31)36-25-22-26-37-29(32)30-24-20-17-18-21-27-38-39(33,34)35-2;1-2-3-4-5-6-7-8-9-10-11-12-13-14-15-16-18-27(30)34-23-17-24-35-28(31)36-26-21-19-25(20-22-26)29(32)33;1-11-13(9,10)12-7-5-3-2-4-6-8/h3-27H2,1-2H3,(H,30,32)(H,33,34);19-22H,2-18,23-24H2,1H3;2-8H2,1H3,(H,9,10)/p-2. The number of non-ortho nitro benzene ring substituents is 1. The van der Waals surface area contributed by atoms with Crippen molar-refractivity contribution < 1.29 is 84.8 Å². The average Bonchev–Trinajstić information content (AvgIpc) is 3.57. The summed E-state index contributed by atoms with van der Waals surface area (Å²) in [4.78, 5) is 78.6. The number of ether oxygens (including phenoxy) is 5. The number of carbonyl (C=O) groups is 4. The molecule has 3 N–H and O–H groups in total. The first-order valence-corrected chi connectivity index (χ1v) is 36.5. The third-order valence-electron chi connectivity index (χ3n) is 14.2. The van der Waals surface area contributed by atoms with Gasteiger partial charge in [0.15, 0.2) is 0 Å². The van der Waals surface area contributed by atoms with Gasteiger partial charge in [-0.15, -0.1) is 0 Å². The Hall–Kier alpha value is -3.72. The molecule has 0 radical (unpaired) electrons. The van der Waals surface area contributed by atoms with Crippen LogP contribution in [0, 0.1) is 10.1 Å². The number of phosphoric ester groups is 2. The third kappa shape index (κ3) is 65.2. The first-order chi connectivity index (χ1) is 42.6. The lowest BCUT2D eigenvalue weighted by molar-refractivity contribution is -0.384. The first kappa shape index (κ1) is 86.3. The predicted molar refractivity (Wildman–Crippen MR) is 342 cm³/mol. The summed E-state index contributed by atoms with van der Waals surface area (Å²) in [5, 5.41) is 13.3. The Morgan fingerprint density at radius 1 is 0.443 bits per heavy atom. The number of hydrogen-bond acceptors (Lipinski definition) is 20. The van der Waals surface area contributed by atoms with Crippen LogP contribution in [0.25, 0.3) is 0 Å². The van der Waals surface area contributed by atoms with E-state index < -0.39 is 32.8 Å². The zero-order chi connectivity index (χ0) is 65.3. The van der Waals surface area contributed by atoms with Crippen molar-refractivity contribution in [3.63, 3.8) is 0 Å². The number of nitrogens with two attached hydrogens (primary N) is 1. The van der Waals surface area contributed by atoms with Crippen LogP contribution < -0.4 is 25.6 Å². The number of unbranched alkanes of at least 4 members (excludes halogenated alkanes) is 34. The van der Waals surface area contributed by atoms with E-state index >= 15 is 0 Å². The summed E-state index contributed by atoms with van der Waals surface area (Å²) in [7, 11) is -5.99. The minimum absolute atomic E-state index is 0.0536. The van der Waals surface area contributed by atoms with Crippen LogP contribution in [0.1, 0.15) is 284 Å². The van der Waals surface area contributed by atoms with Gasteiger partial charge in [0.1, 0.15) is 5.75 Å². The molecule has 0 aliphatic rings. The fourth-order valence-electron chi connectivity index (χ4n) is 8.88. The lowest BCUT2D eigenvalue weighted by Gasteiger charge is -2.19. The minimum atomic E-state index is -4.14. The molecule has 24 heteroatoms. The van der Waals surface area contributed by atoms with E-state index in [1.807, 2.05) is 0 Å². The molecule has 0 heterocycles. The third-order valence-corrected chi connectivity index (χ3v) is 16.1. The molecule has 0 fully saturated rings. The number of benzene rings is 1. The van der Waals surface area contributed by atoms with Crippen LogP contribution in [-0.2, 0) is 55.8 Å². The Bertz CT molecular complexity index is 1890. The Morgan fingerprint density at radius 2 is 0.773 bits per heavy atom. The van der Waals surface area contributed by atoms with Gasteiger partial charge >= 0.3 is 24.2 Å². The molecular weight excluding hydrogens is 1180 g/mol. The van der Waals surface area contributed by atoms with Crippen molar-refractivity contribution in [3.8, 4) is 5.75 Å². The van der Waals surface area contributed by atoms with Crippen molar-refractivity contribution in [1.29, 1.82) is 0 Å². The summed E-state index contributed by atoms with van der Waals surface area (Å²) < 4.78 is 64.4. The summed E-state index contributed by atoms with van der Waals surface area (Å²) >= 11 is 0. The van der Waals surface area contributed by atoms with E-state index in [0.29, 0.717) is 45.2 Å². The molecule has 0 spiro atoms. The lowest BCUT2D eigenvalue weighted by atomic mass is 10.0. The number of nitro groups is 1. The number of carbonyl (C=O) groups excluding carboxylic acids is 4. The maximum absolute atomic E-state index is 11.8. The van der Waals surface area contributed by atoms with E-state index in [9.17, 15) is 48.2 Å². The minimum Gasteiger partial charge on any atom is -0.756 e. The van der Waals surface area contributed by atoms with Crippen LogP contribution in [0.3, 0.4) is 0 Å². The zero-order valence-corrected chi connectivity index (χ0v) is 56.6. The summed E-state index contributed by atoms with van der Waals surface area (Å²) in [5.41, 5.74) is 5.19. The second-order valence-electron chi connectivity index (χ2n) is 22.1. The summed E-state index contributed by atoms with van der Waals surface area (Å²) in [6.45, 7) is 6.66. The highest BCUT2D eigenvalue weighted by Crippen LogP contribution is 2.37. The Balaban J connectivity index is 0. The van der Waals surface area contributed by atoms with Gasteiger partial charge in [0.05, 0.1) is 44.6 Å². The smallest absolute Gasteiger partial charge is 0.513 e. The summed E-state index contributed by atoms with van der Waals surface area (Å²) in [5.74, 6) is -0.251. The van der Waals surface area contributed by atoms with Crippen molar-refractivity contribution in [3.05, 3.63) is 34.4 Å². The van der Waals surface area contributed by atoms with Crippen LogP contribution in [0.15, 0.2) is 24.3 Å². The van der Waals surface area contributed by atoms with Gasteiger partial charge < -0.3 is 62.6 Å². The van der Waals surface area contributed by atoms with E-state index in [0.717, 1.165) is 91.3 Å². The van der Waals surface area contributed by atoms with Gasteiger partial charge in [0.25, 0.3) is 21.3 Å². The molecule has 88 heavy (non-hydrogen) atoms. The maximum Gasteiger partial charge on any atom is 0.513 e. The molecule has 0 saturated heterocycles. The van der Waals surface area contributed by atoms with Gasteiger partial charge in [-0.1, -0.05) is 219 Å². The number of phosphoric acid groups is 2. The largest absolute Gasteiger partial charge is 0.756 e. The monoisotopic (exact) mass is 1300 g/mol. The molecule has 516 valence electrons. The first-order valence-electron chi connectivity index (χ1n) is 33.6. The molecule has 0 saturated carbocycles. The second-order valence-corrected chi connectivity index (χ2v) is 25.1. The van der Waals surface area contributed by atoms with Crippen molar-refractivity contribution in [2.75, 3.05) is 67.0 Å². The molecule has 0 aromatic heterocycles. The number of amides is 1. The molecule has 1 aromatic rings. The van der Waals surface area contributed by atoms with Crippen molar-refractivity contribution in [2.24, 2.45) is 5.73 Å². The average molecular weight is 1300 g/mol. The van der Waals surface area contributed by atoms with Gasteiger partial charge in [0, 0.05) is 58.6 Å². The molecule has 1 aromatic carbocycles. The van der Waals surface area contributed by atoms with Gasteiger partial charge in [-0.05, 0) is 57.2 Å². The number of rotatable bonds is 59. The molecule has 22 nitrogen and oxygen atoms in total. The van der Waals surface area contributed by atoms with Crippen LogP contribution >= 0.6 is 15.6 Å². The van der Waals surface area contributed by atoms with Gasteiger partial charge in [-0.25, -0.2) is 9.59 Å². The highest BCUT2D eigenvalue weighted by molar-refractivity contribution is 7.46. The number of nitrogens with zero attached hydrogens (tertiary/aromatic N) is 1. The molecule has 1 amide bonds. The van der Waals surface area contributed by atoms with E-state index in [1.165, 1.54) is 185 Å².